The molecule has 0 rings (SSSR count). The average Bonchev–Trinajstić information content (AvgIpc) is 2.36. The van der Waals surface area contributed by atoms with Gasteiger partial charge in [0, 0.05) is 0 Å². The van der Waals surface area contributed by atoms with Crippen molar-refractivity contribution < 1.29 is 0 Å². The SMILES string of the molecule is [CH2]CC(C)CCCCCCCCCC(C)CCC. The van der Waals surface area contributed by atoms with E-state index in [-0.39, 0.29) is 0 Å². The van der Waals surface area contributed by atoms with Crippen molar-refractivity contribution in [2.75, 3.05) is 0 Å². The van der Waals surface area contributed by atoms with E-state index < -0.39 is 0 Å². The van der Waals surface area contributed by atoms with Crippen molar-refractivity contribution in [3.05, 3.63) is 6.92 Å². The Kier molecular flexibility index (Phi) is 13.4. The van der Waals surface area contributed by atoms with Gasteiger partial charge >= 0.3 is 0 Å². The maximum atomic E-state index is 3.96. The molecule has 2 unspecified atom stereocenters. The molecular formula is C18H37. The Balaban J connectivity index is 3.07. The van der Waals surface area contributed by atoms with E-state index in [2.05, 4.69) is 27.7 Å². The molecule has 109 valence electrons. The molecule has 0 amide bonds. The Morgan fingerprint density at radius 1 is 0.667 bits per heavy atom. The van der Waals surface area contributed by atoms with Gasteiger partial charge in [-0.1, -0.05) is 105 Å². The molecule has 0 nitrogen and oxygen atoms in total. The van der Waals surface area contributed by atoms with E-state index in [4.69, 9.17) is 0 Å². The van der Waals surface area contributed by atoms with Crippen molar-refractivity contribution in [3.8, 4) is 0 Å². The lowest BCUT2D eigenvalue weighted by Crippen LogP contribution is -1.94. The smallest absolute Gasteiger partial charge is 0.0443 e. The molecule has 0 saturated heterocycles. The van der Waals surface area contributed by atoms with Crippen molar-refractivity contribution in [3.63, 3.8) is 0 Å². The maximum Gasteiger partial charge on any atom is -0.0443 e. The minimum atomic E-state index is 0.838. The third kappa shape index (κ3) is 12.5. The maximum absolute atomic E-state index is 3.96. The molecule has 0 fully saturated rings. The summed E-state index contributed by atoms with van der Waals surface area (Å²) in [4.78, 5) is 0. The summed E-state index contributed by atoms with van der Waals surface area (Å²) in [7, 11) is 0. The van der Waals surface area contributed by atoms with Crippen LogP contribution in [0.4, 0.5) is 0 Å². The molecule has 2 atom stereocenters. The Labute approximate surface area is 117 Å². The first-order chi connectivity index (χ1) is 8.70. The fourth-order valence-electron chi connectivity index (χ4n) is 2.65. The molecule has 0 aliphatic heterocycles. The van der Waals surface area contributed by atoms with Gasteiger partial charge in [0.2, 0.25) is 0 Å². The summed E-state index contributed by atoms with van der Waals surface area (Å²) in [6.07, 6.45) is 16.9. The number of unbranched alkanes of at least 4 members (excludes halogenated alkanes) is 6. The van der Waals surface area contributed by atoms with Crippen LogP contribution in [0.25, 0.3) is 0 Å². The molecule has 18 heavy (non-hydrogen) atoms. The molecular weight excluding hydrogens is 216 g/mol. The number of hydrogen-bond donors (Lipinski definition) is 0. The first-order valence-electron chi connectivity index (χ1n) is 8.49. The van der Waals surface area contributed by atoms with Crippen LogP contribution in [-0.4, -0.2) is 0 Å². The Morgan fingerprint density at radius 3 is 1.56 bits per heavy atom. The molecule has 0 aromatic heterocycles. The van der Waals surface area contributed by atoms with E-state index in [1.165, 1.54) is 70.6 Å². The zero-order valence-electron chi connectivity index (χ0n) is 13.3. The predicted molar refractivity (Wildman–Crippen MR) is 84.8 cm³/mol. The number of rotatable bonds is 13. The van der Waals surface area contributed by atoms with E-state index in [0.29, 0.717) is 0 Å². The second kappa shape index (κ2) is 13.4. The lowest BCUT2D eigenvalue weighted by atomic mass is 9.97. The predicted octanol–water partition coefficient (Wildman–Crippen LogP) is 6.79. The number of hydrogen-bond acceptors (Lipinski definition) is 0. The molecule has 0 heteroatoms. The van der Waals surface area contributed by atoms with Crippen LogP contribution in [0.5, 0.6) is 0 Å². The largest absolute Gasteiger partial charge is 0.0654 e. The van der Waals surface area contributed by atoms with Crippen LogP contribution >= 0.6 is 0 Å². The second-order valence-corrected chi connectivity index (χ2v) is 6.34. The third-order valence-electron chi connectivity index (χ3n) is 4.17. The normalized spacial score (nSPS) is 14.7. The first kappa shape index (κ1) is 18.0. The van der Waals surface area contributed by atoms with Crippen LogP contribution in [0.3, 0.4) is 0 Å². The van der Waals surface area contributed by atoms with Crippen molar-refractivity contribution in [1.82, 2.24) is 0 Å². The van der Waals surface area contributed by atoms with Gasteiger partial charge in [0.25, 0.3) is 0 Å². The van der Waals surface area contributed by atoms with Gasteiger partial charge in [-0.3, -0.25) is 0 Å². The van der Waals surface area contributed by atoms with E-state index in [9.17, 15) is 0 Å². The summed E-state index contributed by atoms with van der Waals surface area (Å²) in [5.74, 6) is 1.80. The zero-order chi connectivity index (χ0) is 13.6. The van der Waals surface area contributed by atoms with Gasteiger partial charge in [0.1, 0.15) is 0 Å². The van der Waals surface area contributed by atoms with Crippen LogP contribution < -0.4 is 0 Å². The fraction of sp³-hybridized carbons (Fsp3) is 0.944. The van der Waals surface area contributed by atoms with Crippen molar-refractivity contribution in [2.45, 2.75) is 97.8 Å². The van der Waals surface area contributed by atoms with Crippen LogP contribution in [0.2, 0.25) is 0 Å². The van der Waals surface area contributed by atoms with E-state index in [1.54, 1.807) is 0 Å². The van der Waals surface area contributed by atoms with Gasteiger partial charge in [-0.15, -0.1) is 0 Å². The van der Waals surface area contributed by atoms with Gasteiger partial charge in [0.15, 0.2) is 0 Å². The zero-order valence-corrected chi connectivity index (χ0v) is 13.3. The van der Waals surface area contributed by atoms with Crippen molar-refractivity contribution >= 4 is 0 Å². The minimum absolute atomic E-state index is 0.838. The summed E-state index contributed by atoms with van der Waals surface area (Å²) in [6, 6.07) is 0. The molecule has 0 heterocycles. The van der Waals surface area contributed by atoms with Crippen LogP contribution in [0.15, 0.2) is 0 Å². The highest BCUT2D eigenvalue weighted by Gasteiger charge is 2.00. The Hall–Kier alpha value is 0. The summed E-state index contributed by atoms with van der Waals surface area (Å²) in [6.45, 7) is 11.0. The fourth-order valence-corrected chi connectivity index (χ4v) is 2.65. The quantitative estimate of drug-likeness (QED) is 0.317. The molecule has 0 aromatic rings. The van der Waals surface area contributed by atoms with Crippen LogP contribution in [0, 0.1) is 18.8 Å². The lowest BCUT2D eigenvalue weighted by Gasteiger charge is -2.09. The average molecular weight is 253 g/mol. The molecule has 0 aliphatic carbocycles. The highest BCUT2D eigenvalue weighted by molar-refractivity contribution is 4.56. The van der Waals surface area contributed by atoms with Crippen molar-refractivity contribution in [2.24, 2.45) is 11.8 Å². The standard InChI is InChI=1S/C18H37/c1-5-14-18(4)16-13-11-9-7-8-10-12-15-17(3)6-2/h17-18H,2,5-16H2,1,3-4H3. The molecule has 0 aliphatic rings. The van der Waals surface area contributed by atoms with Crippen LogP contribution in [0.1, 0.15) is 97.8 Å². The Bertz CT molecular complexity index is 150. The minimum Gasteiger partial charge on any atom is -0.0654 e. The van der Waals surface area contributed by atoms with Crippen molar-refractivity contribution in [1.29, 1.82) is 0 Å². The molecule has 0 saturated carbocycles. The second-order valence-electron chi connectivity index (χ2n) is 6.34. The molecule has 0 spiro atoms. The highest BCUT2D eigenvalue weighted by Crippen LogP contribution is 2.17. The molecule has 0 N–H and O–H groups in total. The Morgan fingerprint density at radius 2 is 1.11 bits per heavy atom. The van der Waals surface area contributed by atoms with Gasteiger partial charge < -0.3 is 0 Å². The van der Waals surface area contributed by atoms with E-state index in [1.807, 2.05) is 0 Å². The van der Waals surface area contributed by atoms with Gasteiger partial charge in [-0.2, -0.15) is 0 Å². The summed E-state index contributed by atoms with van der Waals surface area (Å²) in [5, 5.41) is 0. The van der Waals surface area contributed by atoms with Gasteiger partial charge in [-0.25, -0.2) is 0 Å². The summed E-state index contributed by atoms with van der Waals surface area (Å²) in [5.41, 5.74) is 0. The molecule has 0 bridgehead atoms. The topological polar surface area (TPSA) is 0 Å². The lowest BCUT2D eigenvalue weighted by molar-refractivity contribution is 0.446. The van der Waals surface area contributed by atoms with Gasteiger partial charge in [-0.05, 0) is 11.8 Å². The highest BCUT2D eigenvalue weighted by atomic mass is 14.1. The van der Waals surface area contributed by atoms with E-state index >= 15 is 0 Å². The van der Waals surface area contributed by atoms with Crippen LogP contribution in [-0.2, 0) is 0 Å². The monoisotopic (exact) mass is 253 g/mol. The third-order valence-corrected chi connectivity index (χ3v) is 4.17. The van der Waals surface area contributed by atoms with E-state index in [0.717, 1.165) is 18.3 Å². The first-order valence-corrected chi connectivity index (χ1v) is 8.49. The summed E-state index contributed by atoms with van der Waals surface area (Å²) < 4.78 is 0. The summed E-state index contributed by atoms with van der Waals surface area (Å²) >= 11 is 0. The van der Waals surface area contributed by atoms with Gasteiger partial charge in [0.05, 0.1) is 0 Å². The molecule has 1 radical (unpaired) electrons. The molecule has 0 aromatic carbocycles.